The minimum atomic E-state index is 0.0873. The van der Waals surface area contributed by atoms with Crippen molar-refractivity contribution in [2.75, 3.05) is 20.3 Å². The molecule has 0 radical (unpaired) electrons. The first kappa shape index (κ1) is 13.5. The minimum Gasteiger partial charge on any atom is -0.490 e. The van der Waals surface area contributed by atoms with Crippen molar-refractivity contribution in [1.82, 2.24) is 0 Å². The Bertz CT molecular complexity index is 331. The third-order valence-electron chi connectivity index (χ3n) is 2.37. The zero-order valence-electron chi connectivity index (χ0n) is 9.70. The van der Waals surface area contributed by atoms with E-state index in [0.717, 1.165) is 22.2 Å². The standard InChI is InChI=1S/C12H18BrNO2/c1-3-11(14)9-4-5-12(10(13)8-9)16-7-6-15-2/h4-5,8,11H,3,6-7,14H2,1-2H3/t11-/m1/s1. The van der Waals surface area contributed by atoms with Crippen LogP contribution in [0.1, 0.15) is 24.9 Å². The Hall–Kier alpha value is -0.580. The van der Waals surface area contributed by atoms with Crippen LogP contribution in [0.4, 0.5) is 0 Å². The second-order valence-electron chi connectivity index (χ2n) is 3.55. The average Bonchev–Trinajstić information content (AvgIpc) is 2.30. The summed E-state index contributed by atoms with van der Waals surface area (Å²) in [5.74, 6) is 0.823. The van der Waals surface area contributed by atoms with Gasteiger partial charge in [0.2, 0.25) is 0 Å². The Balaban J connectivity index is 2.67. The van der Waals surface area contributed by atoms with Crippen LogP contribution in [0.25, 0.3) is 0 Å². The first-order valence-electron chi connectivity index (χ1n) is 5.35. The molecule has 16 heavy (non-hydrogen) atoms. The molecule has 2 N–H and O–H groups in total. The molecule has 0 aliphatic carbocycles. The highest BCUT2D eigenvalue weighted by atomic mass is 79.9. The maximum Gasteiger partial charge on any atom is 0.133 e. The first-order chi connectivity index (χ1) is 7.69. The van der Waals surface area contributed by atoms with Gasteiger partial charge in [-0.05, 0) is 40.0 Å². The summed E-state index contributed by atoms with van der Waals surface area (Å²) in [6.45, 7) is 3.21. The zero-order valence-corrected chi connectivity index (χ0v) is 11.3. The number of hydrogen-bond donors (Lipinski definition) is 1. The number of ether oxygens (including phenoxy) is 2. The molecule has 0 spiro atoms. The monoisotopic (exact) mass is 287 g/mol. The number of halogens is 1. The molecule has 3 nitrogen and oxygen atoms in total. The van der Waals surface area contributed by atoms with Gasteiger partial charge in [-0.3, -0.25) is 0 Å². The lowest BCUT2D eigenvalue weighted by atomic mass is 10.1. The zero-order chi connectivity index (χ0) is 12.0. The Morgan fingerprint density at radius 3 is 2.69 bits per heavy atom. The molecule has 1 atom stereocenters. The quantitative estimate of drug-likeness (QED) is 0.819. The molecule has 0 unspecified atom stereocenters. The van der Waals surface area contributed by atoms with E-state index in [4.69, 9.17) is 15.2 Å². The summed E-state index contributed by atoms with van der Waals surface area (Å²) in [5.41, 5.74) is 7.07. The number of nitrogens with two attached hydrogens (primary N) is 1. The van der Waals surface area contributed by atoms with Crippen LogP contribution in [0.15, 0.2) is 22.7 Å². The summed E-state index contributed by atoms with van der Waals surface area (Å²) in [4.78, 5) is 0. The van der Waals surface area contributed by atoms with Crippen molar-refractivity contribution in [2.45, 2.75) is 19.4 Å². The van der Waals surface area contributed by atoms with Crippen molar-refractivity contribution in [3.05, 3.63) is 28.2 Å². The highest BCUT2D eigenvalue weighted by Gasteiger charge is 2.07. The van der Waals surface area contributed by atoms with E-state index in [1.807, 2.05) is 18.2 Å². The second-order valence-corrected chi connectivity index (χ2v) is 4.40. The van der Waals surface area contributed by atoms with Gasteiger partial charge in [0.1, 0.15) is 12.4 Å². The van der Waals surface area contributed by atoms with Crippen molar-refractivity contribution in [3.8, 4) is 5.75 Å². The third kappa shape index (κ3) is 3.77. The molecule has 4 heteroatoms. The lowest BCUT2D eigenvalue weighted by Crippen LogP contribution is -2.09. The van der Waals surface area contributed by atoms with Crippen molar-refractivity contribution >= 4 is 15.9 Å². The van der Waals surface area contributed by atoms with Gasteiger partial charge in [-0.1, -0.05) is 13.0 Å². The fraction of sp³-hybridized carbons (Fsp3) is 0.500. The van der Waals surface area contributed by atoms with Crippen LogP contribution in [0.5, 0.6) is 5.75 Å². The van der Waals surface area contributed by atoms with Crippen LogP contribution in [0, 0.1) is 0 Å². The molecule has 1 aromatic rings. The second kappa shape index (κ2) is 6.89. The molecule has 1 rings (SSSR count). The van der Waals surface area contributed by atoms with Crippen LogP contribution in [0.3, 0.4) is 0 Å². The van der Waals surface area contributed by atoms with Crippen molar-refractivity contribution in [2.24, 2.45) is 5.73 Å². The first-order valence-corrected chi connectivity index (χ1v) is 6.15. The van der Waals surface area contributed by atoms with E-state index >= 15 is 0 Å². The van der Waals surface area contributed by atoms with Gasteiger partial charge in [0.15, 0.2) is 0 Å². The van der Waals surface area contributed by atoms with Gasteiger partial charge >= 0.3 is 0 Å². The van der Waals surface area contributed by atoms with Crippen molar-refractivity contribution in [3.63, 3.8) is 0 Å². The summed E-state index contributed by atoms with van der Waals surface area (Å²) in [6, 6.07) is 6.03. The molecule has 0 aliphatic rings. The van der Waals surface area contributed by atoms with Crippen molar-refractivity contribution in [1.29, 1.82) is 0 Å². The SMILES string of the molecule is CC[C@@H](N)c1ccc(OCCOC)c(Br)c1. The van der Waals surface area contributed by atoms with Crippen LogP contribution in [-0.4, -0.2) is 20.3 Å². The van der Waals surface area contributed by atoms with E-state index in [1.165, 1.54) is 0 Å². The summed E-state index contributed by atoms with van der Waals surface area (Å²) in [6.07, 6.45) is 0.927. The van der Waals surface area contributed by atoms with Crippen LogP contribution in [0.2, 0.25) is 0 Å². The van der Waals surface area contributed by atoms with E-state index < -0.39 is 0 Å². The summed E-state index contributed by atoms with van der Waals surface area (Å²) < 4.78 is 11.4. The maximum absolute atomic E-state index is 5.95. The number of hydrogen-bond acceptors (Lipinski definition) is 3. The van der Waals surface area contributed by atoms with Gasteiger partial charge in [0, 0.05) is 13.2 Å². The normalized spacial score (nSPS) is 12.5. The number of benzene rings is 1. The molecule has 90 valence electrons. The van der Waals surface area contributed by atoms with E-state index in [2.05, 4.69) is 22.9 Å². The Morgan fingerprint density at radius 2 is 2.12 bits per heavy atom. The molecular weight excluding hydrogens is 270 g/mol. The fourth-order valence-electron chi connectivity index (χ4n) is 1.34. The van der Waals surface area contributed by atoms with Crippen LogP contribution < -0.4 is 10.5 Å². The van der Waals surface area contributed by atoms with Gasteiger partial charge in [0.05, 0.1) is 11.1 Å². The van der Waals surface area contributed by atoms with Crippen LogP contribution in [-0.2, 0) is 4.74 Å². The lowest BCUT2D eigenvalue weighted by Gasteiger charge is -2.12. The topological polar surface area (TPSA) is 44.5 Å². The third-order valence-corrected chi connectivity index (χ3v) is 2.99. The summed E-state index contributed by atoms with van der Waals surface area (Å²) in [5, 5.41) is 0. The Labute approximate surface area is 105 Å². The summed E-state index contributed by atoms with van der Waals surface area (Å²) in [7, 11) is 1.65. The molecule has 0 fully saturated rings. The largest absolute Gasteiger partial charge is 0.490 e. The highest BCUT2D eigenvalue weighted by Crippen LogP contribution is 2.28. The number of rotatable bonds is 6. The van der Waals surface area contributed by atoms with Crippen LogP contribution >= 0.6 is 15.9 Å². The van der Waals surface area contributed by atoms with Gasteiger partial charge in [-0.2, -0.15) is 0 Å². The van der Waals surface area contributed by atoms with E-state index in [9.17, 15) is 0 Å². The predicted octanol–water partition coefficient (Wildman–Crippen LogP) is 2.88. The minimum absolute atomic E-state index is 0.0873. The molecule has 0 amide bonds. The molecule has 0 aromatic heterocycles. The molecule has 1 aromatic carbocycles. The maximum atomic E-state index is 5.95. The number of methoxy groups -OCH3 is 1. The van der Waals surface area contributed by atoms with E-state index in [-0.39, 0.29) is 6.04 Å². The Kier molecular flexibility index (Phi) is 5.80. The van der Waals surface area contributed by atoms with Gasteiger partial charge in [0.25, 0.3) is 0 Å². The molecule has 0 heterocycles. The smallest absolute Gasteiger partial charge is 0.133 e. The fourth-order valence-corrected chi connectivity index (χ4v) is 1.85. The highest BCUT2D eigenvalue weighted by molar-refractivity contribution is 9.10. The van der Waals surface area contributed by atoms with Gasteiger partial charge < -0.3 is 15.2 Å². The Morgan fingerprint density at radius 1 is 1.38 bits per heavy atom. The van der Waals surface area contributed by atoms with E-state index in [0.29, 0.717) is 13.2 Å². The van der Waals surface area contributed by atoms with E-state index in [1.54, 1.807) is 7.11 Å². The average molecular weight is 288 g/mol. The molecule has 0 aliphatic heterocycles. The van der Waals surface area contributed by atoms with Gasteiger partial charge in [-0.15, -0.1) is 0 Å². The predicted molar refractivity (Wildman–Crippen MR) is 68.7 cm³/mol. The lowest BCUT2D eigenvalue weighted by molar-refractivity contribution is 0.146. The molecule has 0 saturated carbocycles. The molecule has 0 bridgehead atoms. The summed E-state index contributed by atoms with van der Waals surface area (Å²) >= 11 is 3.48. The molecule has 0 saturated heterocycles. The van der Waals surface area contributed by atoms with Gasteiger partial charge in [-0.25, -0.2) is 0 Å². The molecular formula is C12H18BrNO2. The van der Waals surface area contributed by atoms with Crippen molar-refractivity contribution < 1.29 is 9.47 Å².